The molecule has 0 atom stereocenters. The minimum Gasteiger partial charge on any atom is -0.384 e. The van der Waals surface area contributed by atoms with Crippen LogP contribution in [-0.4, -0.2) is 5.21 Å². The van der Waals surface area contributed by atoms with E-state index in [4.69, 9.17) is 10.9 Å². The lowest BCUT2D eigenvalue weighted by Gasteiger charge is -1.86. The van der Waals surface area contributed by atoms with Gasteiger partial charge in [-0.3, -0.25) is 10.7 Å². The normalized spacial score (nSPS) is 6.60. The van der Waals surface area contributed by atoms with Crippen LogP contribution in [0.1, 0.15) is 0 Å². The van der Waals surface area contributed by atoms with Crippen molar-refractivity contribution in [3.63, 3.8) is 0 Å². The SMILES string of the molecule is C=C(N)NO. The smallest absolute Gasteiger partial charge is 0.113 e. The maximum absolute atomic E-state index is 7.67. The number of nitrogens with two attached hydrogens (primary N) is 1. The maximum Gasteiger partial charge on any atom is 0.113 e. The molecule has 5 heavy (non-hydrogen) atoms. The third-order valence-electron chi connectivity index (χ3n) is 0.144. The Morgan fingerprint density at radius 1 is 2.00 bits per heavy atom. The van der Waals surface area contributed by atoms with Crippen LogP contribution in [0.3, 0.4) is 0 Å². The third-order valence-corrected chi connectivity index (χ3v) is 0.144. The molecule has 0 unspecified atom stereocenters. The summed E-state index contributed by atoms with van der Waals surface area (Å²) < 4.78 is 0. The Bertz CT molecular complexity index is 42.9. The van der Waals surface area contributed by atoms with Crippen molar-refractivity contribution in [3.8, 4) is 0 Å². The van der Waals surface area contributed by atoms with E-state index in [2.05, 4.69) is 6.58 Å². The molecule has 0 radical (unpaired) electrons. The summed E-state index contributed by atoms with van der Waals surface area (Å²) in [7, 11) is 0. The van der Waals surface area contributed by atoms with E-state index in [0.717, 1.165) is 0 Å². The van der Waals surface area contributed by atoms with E-state index in [0.29, 0.717) is 0 Å². The van der Waals surface area contributed by atoms with Gasteiger partial charge in [0.2, 0.25) is 0 Å². The van der Waals surface area contributed by atoms with Crippen LogP contribution in [-0.2, 0) is 0 Å². The zero-order valence-electron chi connectivity index (χ0n) is 2.73. The van der Waals surface area contributed by atoms with Crippen LogP contribution in [0.15, 0.2) is 12.4 Å². The van der Waals surface area contributed by atoms with Gasteiger partial charge in [0, 0.05) is 0 Å². The summed E-state index contributed by atoms with van der Waals surface area (Å²) in [6.45, 7) is 3.09. The van der Waals surface area contributed by atoms with E-state index in [-0.39, 0.29) is 5.82 Å². The number of rotatable bonds is 1. The highest BCUT2D eigenvalue weighted by Gasteiger charge is 1.64. The van der Waals surface area contributed by atoms with Crippen LogP contribution in [0.25, 0.3) is 0 Å². The van der Waals surface area contributed by atoms with E-state index in [9.17, 15) is 0 Å². The molecule has 0 spiro atoms. The van der Waals surface area contributed by atoms with E-state index in [1.165, 1.54) is 0 Å². The van der Waals surface area contributed by atoms with Gasteiger partial charge in [0.25, 0.3) is 0 Å². The van der Waals surface area contributed by atoms with E-state index in [1.54, 1.807) is 5.48 Å². The molecule has 30 valence electrons. The van der Waals surface area contributed by atoms with Crippen molar-refractivity contribution in [2.24, 2.45) is 5.73 Å². The summed E-state index contributed by atoms with van der Waals surface area (Å²) in [6, 6.07) is 0. The topological polar surface area (TPSA) is 58.3 Å². The summed E-state index contributed by atoms with van der Waals surface area (Å²) in [5.41, 5.74) is 6.35. The molecule has 0 rings (SSSR count). The Labute approximate surface area is 30.1 Å². The molecule has 0 aliphatic carbocycles. The Hall–Kier alpha value is -0.700. The molecule has 3 heteroatoms. The fourth-order valence-electron chi connectivity index (χ4n) is 0. The Balaban J connectivity index is 2.85. The second-order valence-electron chi connectivity index (χ2n) is 0.637. The van der Waals surface area contributed by atoms with Gasteiger partial charge in [-0.05, 0) is 0 Å². The molecule has 4 N–H and O–H groups in total. The standard InChI is InChI=1S/C2H6N2O/c1-2(3)4-5/h4-5H,1,3H2. The van der Waals surface area contributed by atoms with E-state index < -0.39 is 0 Å². The first-order valence-electron chi connectivity index (χ1n) is 1.12. The molecular formula is C2H6N2O. The van der Waals surface area contributed by atoms with E-state index in [1.807, 2.05) is 0 Å². The highest BCUT2D eigenvalue weighted by Crippen LogP contribution is 1.52. The van der Waals surface area contributed by atoms with Crippen molar-refractivity contribution in [1.82, 2.24) is 5.48 Å². The molecule has 0 amide bonds. The highest BCUT2D eigenvalue weighted by molar-refractivity contribution is 4.75. The number of nitrogens with one attached hydrogen (secondary N) is 1. The van der Waals surface area contributed by atoms with Crippen LogP contribution in [0.5, 0.6) is 0 Å². The largest absolute Gasteiger partial charge is 0.384 e. The maximum atomic E-state index is 7.67. The molecule has 0 aromatic carbocycles. The van der Waals surface area contributed by atoms with Crippen LogP contribution < -0.4 is 11.2 Å². The summed E-state index contributed by atoms with van der Waals surface area (Å²) in [4.78, 5) is 0. The zero-order chi connectivity index (χ0) is 4.28. The van der Waals surface area contributed by atoms with Gasteiger partial charge in [-0.1, -0.05) is 6.58 Å². The highest BCUT2D eigenvalue weighted by atomic mass is 16.5. The molecule has 0 heterocycles. The first kappa shape index (κ1) is 4.30. The van der Waals surface area contributed by atoms with E-state index >= 15 is 0 Å². The Kier molecular flexibility index (Phi) is 1.38. The molecule has 0 aliphatic heterocycles. The molecule has 0 aliphatic rings. The molecule has 3 nitrogen and oxygen atoms in total. The van der Waals surface area contributed by atoms with Gasteiger partial charge >= 0.3 is 0 Å². The molecule has 0 aromatic heterocycles. The van der Waals surface area contributed by atoms with Crippen molar-refractivity contribution in [1.29, 1.82) is 0 Å². The monoisotopic (exact) mass is 74.0 g/mol. The van der Waals surface area contributed by atoms with Gasteiger partial charge < -0.3 is 5.73 Å². The van der Waals surface area contributed by atoms with Crippen molar-refractivity contribution < 1.29 is 5.21 Å². The average Bonchev–Trinajstić information content (AvgIpc) is 1.38. The minimum atomic E-state index is 0.0602. The predicted octanol–water partition coefficient (Wildman–Crippen LogP) is -0.605. The molecular weight excluding hydrogens is 68.0 g/mol. The van der Waals surface area contributed by atoms with Gasteiger partial charge in [-0.2, -0.15) is 0 Å². The third kappa shape index (κ3) is 3.30. The molecule has 0 saturated heterocycles. The molecule has 0 saturated carbocycles. The lowest BCUT2D eigenvalue weighted by atomic mass is 10.9. The number of hydrogen-bond donors (Lipinski definition) is 3. The Morgan fingerprint density at radius 3 is 2.20 bits per heavy atom. The van der Waals surface area contributed by atoms with Crippen LogP contribution >= 0.6 is 0 Å². The van der Waals surface area contributed by atoms with Crippen LogP contribution in [0.2, 0.25) is 0 Å². The van der Waals surface area contributed by atoms with Gasteiger partial charge in [-0.15, -0.1) is 0 Å². The fraction of sp³-hybridized carbons (Fsp3) is 0. The predicted molar refractivity (Wildman–Crippen MR) is 18.2 cm³/mol. The van der Waals surface area contributed by atoms with Crippen molar-refractivity contribution in [2.75, 3.05) is 0 Å². The summed E-state index contributed by atoms with van der Waals surface area (Å²) in [6.07, 6.45) is 0. The van der Waals surface area contributed by atoms with Gasteiger partial charge in [0.1, 0.15) is 5.82 Å². The molecule has 0 fully saturated rings. The summed E-state index contributed by atoms with van der Waals surface area (Å²) >= 11 is 0. The van der Waals surface area contributed by atoms with Crippen molar-refractivity contribution in [3.05, 3.63) is 12.4 Å². The van der Waals surface area contributed by atoms with Gasteiger partial charge in [-0.25, -0.2) is 0 Å². The lowest BCUT2D eigenvalue weighted by molar-refractivity contribution is 0.199. The van der Waals surface area contributed by atoms with Crippen LogP contribution in [0.4, 0.5) is 0 Å². The quantitative estimate of drug-likeness (QED) is 0.364. The van der Waals surface area contributed by atoms with Crippen molar-refractivity contribution in [2.45, 2.75) is 0 Å². The lowest BCUT2D eigenvalue weighted by Crippen LogP contribution is -2.12. The second-order valence-corrected chi connectivity index (χ2v) is 0.637. The van der Waals surface area contributed by atoms with Gasteiger partial charge in [0.05, 0.1) is 0 Å². The van der Waals surface area contributed by atoms with Gasteiger partial charge in [0.15, 0.2) is 0 Å². The first-order valence-corrected chi connectivity index (χ1v) is 1.12. The minimum absolute atomic E-state index is 0.0602. The molecule has 0 aromatic rings. The first-order chi connectivity index (χ1) is 2.27. The summed E-state index contributed by atoms with van der Waals surface area (Å²) in [5, 5.41) is 7.67. The number of hydrogen-bond acceptors (Lipinski definition) is 3. The summed E-state index contributed by atoms with van der Waals surface area (Å²) in [5.74, 6) is 0.0602. The van der Waals surface area contributed by atoms with Crippen LogP contribution in [0, 0.1) is 0 Å². The number of hydroxylamine groups is 1. The van der Waals surface area contributed by atoms with Crippen molar-refractivity contribution >= 4 is 0 Å². The molecule has 0 bridgehead atoms. The average molecular weight is 74.1 g/mol. The zero-order valence-corrected chi connectivity index (χ0v) is 2.73. The fourth-order valence-corrected chi connectivity index (χ4v) is 0. The Morgan fingerprint density at radius 2 is 2.20 bits per heavy atom. The second kappa shape index (κ2) is 1.60.